The molecule has 5 rings (SSSR count). The van der Waals surface area contributed by atoms with Gasteiger partial charge >= 0.3 is 0 Å². The van der Waals surface area contributed by atoms with Gasteiger partial charge in [0.25, 0.3) is 5.91 Å². The maximum atomic E-state index is 12.0. The fourth-order valence-corrected chi connectivity index (χ4v) is 5.66. The maximum Gasteiger partial charge on any atom is 0.277 e. The van der Waals surface area contributed by atoms with Crippen molar-refractivity contribution in [3.05, 3.63) is 29.3 Å². The van der Waals surface area contributed by atoms with Gasteiger partial charge in [-0.05, 0) is 87.5 Å². The normalized spacial score (nSPS) is 33.4. The standard InChI is InChI=1S/C20H25ClN2O2/c1-13(20-9-14-6-15(10-20)8-16(7-14)11-20)22-23-19(24)12-25-18-4-2-17(21)3-5-18/h2-5,14-16H,6-12H2,1H3,(H,23,24). The summed E-state index contributed by atoms with van der Waals surface area (Å²) < 4.78 is 5.46. The molecule has 4 aliphatic rings. The summed E-state index contributed by atoms with van der Waals surface area (Å²) in [7, 11) is 0. The second-order valence-corrected chi connectivity index (χ2v) is 8.61. The van der Waals surface area contributed by atoms with Crippen molar-refractivity contribution >= 4 is 23.2 Å². The van der Waals surface area contributed by atoms with E-state index in [0.29, 0.717) is 10.8 Å². The van der Waals surface area contributed by atoms with Gasteiger partial charge in [-0.1, -0.05) is 11.6 Å². The third-order valence-electron chi connectivity index (χ3n) is 6.34. The summed E-state index contributed by atoms with van der Waals surface area (Å²) in [5.41, 5.74) is 4.03. The summed E-state index contributed by atoms with van der Waals surface area (Å²) >= 11 is 5.84. The lowest BCUT2D eigenvalue weighted by Gasteiger charge is -2.56. The van der Waals surface area contributed by atoms with E-state index in [1.807, 2.05) is 0 Å². The number of carbonyl (C=O) groups is 1. The van der Waals surface area contributed by atoms with Crippen LogP contribution in [0.3, 0.4) is 0 Å². The van der Waals surface area contributed by atoms with Crippen LogP contribution in [0.2, 0.25) is 5.02 Å². The highest BCUT2D eigenvalue weighted by molar-refractivity contribution is 6.30. The SMILES string of the molecule is CC(=NNC(=O)COc1ccc(Cl)cc1)C12CC3CC(CC(C3)C1)C2. The number of carbonyl (C=O) groups excluding carboxylic acids is 1. The van der Waals surface area contributed by atoms with Crippen molar-refractivity contribution < 1.29 is 9.53 Å². The van der Waals surface area contributed by atoms with Gasteiger partial charge in [0.15, 0.2) is 6.61 Å². The molecule has 5 heteroatoms. The third-order valence-corrected chi connectivity index (χ3v) is 6.59. The smallest absolute Gasteiger partial charge is 0.277 e. The highest BCUT2D eigenvalue weighted by Crippen LogP contribution is 2.60. The second kappa shape index (κ2) is 6.64. The summed E-state index contributed by atoms with van der Waals surface area (Å²) in [4.78, 5) is 12.0. The van der Waals surface area contributed by atoms with E-state index >= 15 is 0 Å². The molecular weight excluding hydrogens is 336 g/mol. The van der Waals surface area contributed by atoms with Crippen LogP contribution < -0.4 is 10.2 Å². The molecule has 0 spiro atoms. The van der Waals surface area contributed by atoms with Gasteiger partial charge in [0.1, 0.15) is 5.75 Å². The molecule has 4 fully saturated rings. The van der Waals surface area contributed by atoms with E-state index in [0.717, 1.165) is 23.5 Å². The van der Waals surface area contributed by atoms with Crippen LogP contribution in [0.4, 0.5) is 0 Å². The minimum Gasteiger partial charge on any atom is -0.484 e. The number of ether oxygens (including phenoxy) is 1. The maximum absolute atomic E-state index is 12.0. The molecule has 0 aliphatic heterocycles. The predicted octanol–water partition coefficient (Wildman–Crippen LogP) is 4.43. The quantitative estimate of drug-likeness (QED) is 0.624. The molecule has 4 bridgehead atoms. The predicted molar refractivity (Wildman–Crippen MR) is 98.8 cm³/mol. The fraction of sp³-hybridized carbons (Fsp3) is 0.600. The Morgan fingerprint density at radius 3 is 2.28 bits per heavy atom. The van der Waals surface area contributed by atoms with Crippen molar-refractivity contribution in [2.24, 2.45) is 28.3 Å². The topological polar surface area (TPSA) is 50.7 Å². The Morgan fingerprint density at radius 1 is 1.16 bits per heavy atom. The van der Waals surface area contributed by atoms with Crippen LogP contribution in [0.15, 0.2) is 29.4 Å². The van der Waals surface area contributed by atoms with Crippen molar-refractivity contribution in [2.45, 2.75) is 45.4 Å². The first-order chi connectivity index (χ1) is 12.0. The van der Waals surface area contributed by atoms with Gasteiger partial charge < -0.3 is 4.74 Å². The van der Waals surface area contributed by atoms with Gasteiger partial charge in [-0.15, -0.1) is 0 Å². The summed E-state index contributed by atoms with van der Waals surface area (Å²) in [6.07, 6.45) is 8.00. The molecule has 0 heterocycles. The van der Waals surface area contributed by atoms with Gasteiger partial charge in [-0.25, -0.2) is 5.43 Å². The highest BCUT2D eigenvalue weighted by atomic mass is 35.5. The van der Waals surface area contributed by atoms with E-state index < -0.39 is 0 Å². The first-order valence-corrected chi connectivity index (χ1v) is 9.62. The number of nitrogens with zero attached hydrogens (tertiary/aromatic N) is 1. The zero-order chi connectivity index (χ0) is 17.4. The Hall–Kier alpha value is -1.55. The fourth-order valence-electron chi connectivity index (χ4n) is 5.53. The molecule has 0 atom stereocenters. The molecule has 1 aromatic carbocycles. The zero-order valence-electron chi connectivity index (χ0n) is 14.6. The van der Waals surface area contributed by atoms with E-state index in [-0.39, 0.29) is 17.9 Å². The number of hydrogen-bond donors (Lipinski definition) is 1. The Bertz CT molecular complexity index is 648. The lowest BCUT2D eigenvalue weighted by atomic mass is 9.48. The van der Waals surface area contributed by atoms with Gasteiger partial charge in [-0.3, -0.25) is 4.79 Å². The van der Waals surface area contributed by atoms with Gasteiger partial charge in [0.2, 0.25) is 0 Å². The number of hydrogen-bond acceptors (Lipinski definition) is 3. The first-order valence-electron chi connectivity index (χ1n) is 9.24. The van der Waals surface area contributed by atoms with Crippen LogP contribution >= 0.6 is 11.6 Å². The molecular formula is C20H25ClN2O2. The van der Waals surface area contributed by atoms with Crippen LogP contribution in [-0.2, 0) is 4.79 Å². The van der Waals surface area contributed by atoms with E-state index in [2.05, 4.69) is 17.5 Å². The van der Waals surface area contributed by atoms with E-state index in [1.165, 1.54) is 38.5 Å². The van der Waals surface area contributed by atoms with Gasteiger partial charge in [-0.2, -0.15) is 5.10 Å². The number of rotatable bonds is 5. The minimum atomic E-state index is -0.223. The van der Waals surface area contributed by atoms with Gasteiger partial charge in [0.05, 0.1) is 0 Å². The van der Waals surface area contributed by atoms with Crippen LogP contribution in [0.5, 0.6) is 5.75 Å². The van der Waals surface area contributed by atoms with Gasteiger partial charge in [0, 0.05) is 16.1 Å². The minimum absolute atomic E-state index is 0.0424. The molecule has 0 aromatic heterocycles. The Labute approximate surface area is 154 Å². The number of benzene rings is 1. The van der Waals surface area contributed by atoms with E-state index in [4.69, 9.17) is 16.3 Å². The van der Waals surface area contributed by atoms with E-state index in [1.54, 1.807) is 24.3 Å². The third kappa shape index (κ3) is 3.55. The lowest BCUT2D eigenvalue weighted by molar-refractivity contribution is -0.123. The average molecular weight is 361 g/mol. The molecule has 0 radical (unpaired) electrons. The molecule has 1 aromatic rings. The van der Waals surface area contributed by atoms with Crippen molar-refractivity contribution in [1.82, 2.24) is 5.43 Å². The second-order valence-electron chi connectivity index (χ2n) is 8.17. The molecule has 25 heavy (non-hydrogen) atoms. The highest BCUT2D eigenvalue weighted by Gasteiger charge is 2.52. The lowest BCUT2D eigenvalue weighted by Crippen LogP contribution is -2.49. The van der Waals surface area contributed by atoms with Crippen LogP contribution in [-0.4, -0.2) is 18.2 Å². The number of hydrazone groups is 1. The van der Waals surface area contributed by atoms with Crippen molar-refractivity contribution in [2.75, 3.05) is 6.61 Å². The van der Waals surface area contributed by atoms with Crippen molar-refractivity contribution in [3.8, 4) is 5.75 Å². The summed E-state index contributed by atoms with van der Waals surface area (Å²) in [6, 6.07) is 6.98. The molecule has 4 aliphatic carbocycles. The largest absolute Gasteiger partial charge is 0.484 e. The molecule has 4 nitrogen and oxygen atoms in total. The Morgan fingerprint density at radius 2 is 1.72 bits per heavy atom. The van der Waals surface area contributed by atoms with Crippen LogP contribution in [0.25, 0.3) is 0 Å². The number of amides is 1. The molecule has 0 unspecified atom stereocenters. The number of halogens is 1. The Balaban J connectivity index is 1.33. The molecule has 0 saturated heterocycles. The summed E-state index contributed by atoms with van der Waals surface area (Å²) in [6.45, 7) is 2.05. The molecule has 4 saturated carbocycles. The van der Waals surface area contributed by atoms with E-state index in [9.17, 15) is 4.79 Å². The monoisotopic (exact) mass is 360 g/mol. The van der Waals surface area contributed by atoms with Crippen LogP contribution in [0, 0.1) is 23.2 Å². The molecule has 134 valence electrons. The Kier molecular flexibility index (Phi) is 4.48. The van der Waals surface area contributed by atoms with Crippen LogP contribution in [0.1, 0.15) is 45.4 Å². The first kappa shape index (κ1) is 16.9. The van der Waals surface area contributed by atoms with Crippen molar-refractivity contribution in [3.63, 3.8) is 0 Å². The number of nitrogens with one attached hydrogen (secondary N) is 1. The zero-order valence-corrected chi connectivity index (χ0v) is 15.4. The average Bonchev–Trinajstić information content (AvgIpc) is 2.58. The summed E-state index contributed by atoms with van der Waals surface area (Å²) in [5.74, 6) is 3.03. The summed E-state index contributed by atoms with van der Waals surface area (Å²) in [5, 5.41) is 5.10. The molecule has 1 N–H and O–H groups in total. The van der Waals surface area contributed by atoms with Crippen molar-refractivity contribution in [1.29, 1.82) is 0 Å². The molecule has 1 amide bonds.